The van der Waals surface area contributed by atoms with Crippen molar-refractivity contribution >= 4 is 23.4 Å². The van der Waals surface area contributed by atoms with E-state index < -0.39 is 5.76 Å². The summed E-state index contributed by atoms with van der Waals surface area (Å²) in [5, 5.41) is 7.81. The van der Waals surface area contributed by atoms with E-state index in [4.69, 9.17) is 21.0 Å². The number of pyridine rings is 1. The van der Waals surface area contributed by atoms with Gasteiger partial charge in [0.05, 0.1) is 0 Å². The highest BCUT2D eigenvalue weighted by Gasteiger charge is 2.19. The lowest BCUT2D eigenvalue weighted by molar-refractivity contribution is 0.527. The van der Waals surface area contributed by atoms with Gasteiger partial charge in [-0.1, -0.05) is 41.6 Å². The fourth-order valence-electron chi connectivity index (χ4n) is 3.25. The van der Waals surface area contributed by atoms with Gasteiger partial charge in [0.2, 0.25) is 5.89 Å². The van der Waals surface area contributed by atoms with E-state index in [-0.39, 0.29) is 5.89 Å². The molecule has 3 aromatic heterocycles. The zero-order valence-electron chi connectivity index (χ0n) is 16.8. The van der Waals surface area contributed by atoms with Crippen LogP contribution in [-0.4, -0.2) is 24.7 Å². The van der Waals surface area contributed by atoms with E-state index in [9.17, 15) is 4.79 Å². The number of aromatic amines is 1. The molecule has 0 bridgehead atoms. The molecule has 0 aliphatic carbocycles. The Morgan fingerprint density at radius 3 is 2.41 bits per heavy atom. The molecule has 0 spiro atoms. The quantitative estimate of drug-likeness (QED) is 0.382. The van der Waals surface area contributed by atoms with Crippen molar-refractivity contribution in [3.63, 3.8) is 0 Å². The molecule has 158 valence electrons. The van der Waals surface area contributed by atoms with E-state index in [0.717, 1.165) is 32.7 Å². The summed E-state index contributed by atoms with van der Waals surface area (Å²) in [7, 11) is 1.98. The highest BCUT2D eigenvalue weighted by molar-refractivity contribution is 7.99. The summed E-state index contributed by atoms with van der Waals surface area (Å²) in [6, 6.07) is 21.0. The van der Waals surface area contributed by atoms with Crippen LogP contribution in [-0.2, 0) is 7.05 Å². The van der Waals surface area contributed by atoms with Crippen LogP contribution in [0, 0.1) is 0 Å². The van der Waals surface area contributed by atoms with Gasteiger partial charge in [-0.15, -0.1) is 5.10 Å². The Labute approximate surface area is 192 Å². The summed E-state index contributed by atoms with van der Waals surface area (Å²) in [5.74, 6) is 0.419. The number of hydrogen-bond donors (Lipinski definition) is 1. The zero-order chi connectivity index (χ0) is 22.1. The van der Waals surface area contributed by atoms with Gasteiger partial charge in [0.1, 0.15) is 16.4 Å². The van der Waals surface area contributed by atoms with Crippen LogP contribution >= 0.6 is 23.4 Å². The van der Waals surface area contributed by atoms with Crippen molar-refractivity contribution in [2.75, 3.05) is 0 Å². The number of aromatic nitrogens is 5. The Hall–Kier alpha value is -3.62. The van der Waals surface area contributed by atoms with Crippen LogP contribution in [0.25, 0.3) is 34.2 Å². The van der Waals surface area contributed by atoms with Gasteiger partial charge in [0.25, 0.3) is 0 Å². The van der Waals surface area contributed by atoms with Crippen molar-refractivity contribution in [3.05, 3.63) is 88.5 Å². The monoisotopic (exact) mass is 461 g/mol. The summed E-state index contributed by atoms with van der Waals surface area (Å²) in [6.07, 6.45) is 1.75. The average molecular weight is 462 g/mol. The first-order chi connectivity index (χ1) is 15.6. The third-order valence-corrected chi connectivity index (χ3v) is 6.23. The van der Waals surface area contributed by atoms with Crippen LogP contribution in [0.5, 0.6) is 0 Å². The average Bonchev–Trinajstić information content (AvgIpc) is 3.40. The minimum Gasteiger partial charge on any atom is -0.388 e. The molecule has 7 nitrogen and oxygen atoms in total. The minimum atomic E-state index is -0.588. The molecule has 0 aliphatic heterocycles. The molecule has 0 aliphatic rings. The van der Waals surface area contributed by atoms with Crippen molar-refractivity contribution in [2.24, 2.45) is 7.05 Å². The van der Waals surface area contributed by atoms with Gasteiger partial charge in [-0.25, -0.2) is 14.9 Å². The van der Waals surface area contributed by atoms with E-state index in [1.165, 1.54) is 0 Å². The van der Waals surface area contributed by atoms with Crippen molar-refractivity contribution in [1.29, 1.82) is 0 Å². The fourth-order valence-corrected chi connectivity index (χ4v) is 4.36. The minimum absolute atomic E-state index is 0.243. The van der Waals surface area contributed by atoms with E-state index in [1.807, 2.05) is 78.3 Å². The SMILES string of the molecule is Cn1c(-c2ccccn2)nc(-c2ccc(-c3n[nH]c(=O)o3)cc2)c1Sc1ccc(Cl)cc1. The van der Waals surface area contributed by atoms with Crippen molar-refractivity contribution in [2.45, 2.75) is 9.92 Å². The first-order valence-electron chi connectivity index (χ1n) is 9.66. The van der Waals surface area contributed by atoms with E-state index in [1.54, 1.807) is 18.0 Å². The molecule has 0 radical (unpaired) electrons. The summed E-state index contributed by atoms with van der Waals surface area (Å²) < 4.78 is 7.08. The number of halogens is 1. The molecule has 5 rings (SSSR count). The second-order valence-electron chi connectivity index (χ2n) is 6.91. The molecule has 9 heteroatoms. The Morgan fingerprint density at radius 1 is 1.00 bits per heavy atom. The maximum atomic E-state index is 11.3. The number of nitrogens with zero attached hydrogens (tertiary/aromatic N) is 4. The third kappa shape index (κ3) is 3.98. The lowest BCUT2D eigenvalue weighted by atomic mass is 10.1. The first kappa shape index (κ1) is 20.3. The number of H-pyrrole nitrogens is 1. The molecule has 0 saturated heterocycles. The standard InChI is InChI=1S/C23H16ClN5O2S/c1-29-20(18-4-2-3-13-25-18)26-19(22(29)32-17-11-9-16(24)10-12-17)14-5-7-15(8-6-14)21-27-28-23(30)31-21/h2-13H,1H3,(H,28,30). The predicted octanol–water partition coefficient (Wildman–Crippen LogP) is 5.30. The molecule has 2 aromatic carbocycles. The molecular weight excluding hydrogens is 446 g/mol. The van der Waals surface area contributed by atoms with E-state index in [2.05, 4.69) is 15.2 Å². The van der Waals surface area contributed by atoms with E-state index in [0.29, 0.717) is 10.6 Å². The van der Waals surface area contributed by atoms with Crippen molar-refractivity contribution in [3.8, 4) is 34.2 Å². The van der Waals surface area contributed by atoms with Gasteiger partial charge >= 0.3 is 5.76 Å². The Bertz CT molecular complexity index is 1420. The van der Waals surface area contributed by atoms with Crippen LogP contribution in [0.3, 0.4) is 0 Å². The molecule has 3 heterocycles. The molecule has 1 N–H and O–H groups in total. The van der Waals surface area contributed by atoms with Crippen LogP contribution in [0.4, 0.5) is 0 Å². The highest BCUT2D eigenvalue weighted by atomic mass is 35.5. The van der Waals surface area contributed by atoms with Gasteiger partial charge in [0.15, 0.2) is 5.82 Å². The Kier molecular flexibility index (Phi) is 5.38. The third-order valence-electron chi connectivity index (χ3n) is 4.81. The number of nitrogens with one attached hydrogen (secondary N) is 1. The van der Waals surface area contributed by atoms with Crippen LogP contribution in [0.1, 0.15) is 0 Å². The van der Waals surface area contributed by atoms with Gasteiger partial charge in [-0.2, -0.15) is 0 Å². The molecule has 0 amide bonds. The molecule has 5 aromatic rings. The molecule has 0 atom stereocenters. The smallest absolute Gasteiger partial charge is 0.388 e. The zero-order valence-corrected chi connectivity index (χ0v) is 18.4. The molecule has 0 saturated carbocycles. The largest absolute Gasteiger partial charge is 0.434 e. The number of benzene rings is 2. The lowest BCUT2D eigenvalue weighted by Crippen LogP contribution is -1.95. The highest BCUT2D eigenvalue weighted by Crippen LogP contribution is 2.38. The summed E-state index contributed by atoms with van der Waals surface area (Å²) in [4.78, 5) is 21.7. The molecule has 0 unspecified atom stereocenters. The number of hydrogen-bond acceptors (Lipinski definition) is 6. The second-order valence-corrected chi connectivity index (χ2v) is 8.41. The first-order valence-corrected chi connectivity index (χ1v) is 10.9. The number of rotatable bonds is 5. The number of imidazole rings is 1. The van der Waals surface area contributed by atoms with Gasteiger partial charge < -0.3 is 8.98 Å². The maximum absolute atomic E-state index is 11.3. The normalized spacial score (nSPS) is 11.1. The summed E-state index contributed by atoms with van der Waals surface area (Å²) in [5.41, 5.74) is 3.22. The van der Waals surface area contributed by atoms with E-state index >= 15 is 0 Å². The van der Waals surface area contributed by atoms with Crippen molar-refractivity contribution < 1.29 is 4.42 Å². The van der Waals surface area contributed by atoms with Crippen LogP contribution in [0.15, 0.2) is 92.1 Å². The summed E-state index contributed by atoms with van der Waals surface area (Å²) >= 11 is 7.66. The Morgan fingerprint density at radius 2 is 1.75 bits per heavy atom. The lowest BCUT2D eigenvalue weighted by Gasteiger charge is -2.08. The molecule has 32 heavy (non-hydrogen) atoms. The van der Waals surface area contributed by atoms with Crippen LogP contribution < -0.4 is 5.76 Å². The molecular formula is C23H16ClN5O2S. The predicted molar refractivity (Wildman–Crippen MR) is 124 cm³/mol. The van der Waals surface area contributed by atoms with Gasteiger partial charge in [-0.05, 0) is 48.5 Å². The maximum Gasteiger partial charge on any atom is 0.434 e. The fraction of sp³-hybridized carbons (Fsp3) is 0.0435. The Balaban J connectivity index is 1.59. The van der Waals surface area contributed by atoms with Gasteiger partial charge in [-0.3, -0.25) is 4.98 Å². The van der Waals surface area contributed by atoms with Crippen molar-refractivity contribution in [1.82, 2.24) is 24.7 Å². The molecule has 0 fully saturated rings. The van der Waals surface area contributed by atoms with Gasteiger partial charge in [0, 0.05) is 34.3 Å². The topological polar surface area (TPSA) is 89.6 Å². The summed E-state index contributed by atoms with van der Waals surface area (Å²) in [6.45, 7) is 0. The second kappa shape index (κ2) is 8.49. The van der Waals surface area contributed by atoms with Crippen LogP contribution in [0.2, 0.25) is 5.02 Å².